The van der Waals surface area contributed by atoms with Crippen molar-refractivity contribution in [3.63, 3.8) is 0 Å². The lowest BCUT2D eigenvalue weighted by Crippen LogP contribution is -2.32. The summed E-state index contributed by atoms with van der Waals surface area (Å²) in [5.41, 5.74) is 1.65. The fraction of sp³-hybridized carbons (Fsp3) is 0.280. The van der Waals surface area contributed by atoms with E-state index >= 15 is 0 Å². The predicted octanol–water partition coefficient (Wildman–Crippen LogP) is 4.02. The molecule has 1 N–H and O–H groups in total. The van der Waals surface area contributed by atoms with Gasteiger partial charge in [-0.2, -0.15) is 4.98 Å². The number of anilines is 1. The van der Waals surface area contributed by atoms with E-state index in [4.69, 9.17) is 11.6 Å². The number of nitrogens with one attached hydrogen (secondary N) is 1. The van der Waals surface area contributed by atoms with Gasteiger partial charge in [-0.05, 0) is 49.8 Å². The van der Waals surface area contributed by atoms with Crippen molar-refractivity contribution in [3.05, 3.63) is 80.1 Å². The highest BCUT2D eigenvalue weighted by molar-refractivity contribution is 6.35. The smallest absolute Gasteiger partial charge is 0.285 e. The summed E-state index contributed by atoms with van der Waals surface area (Å²) in [5.74, 6) is 0.514. The minimum Gasteiger partial charge on any atom is -0.347 e. The standard InChI is InChI=1S/C25H24ClN7O2/c1-3-27-11-15(2)12-33-19(10-16-6-4-7-17(26)20(16)25(33)35)18-8-5-9-32(18)23-21-22(28-13-30-23)29-14-31-24(21)34/h3-4,6-7,10-11,13-14,18H,5,8-9,12H2,1-2H3,(H,28,29,30,31,34)/b15-11+,27-3-. The Morgan fingerprint density at radius 3 is 2.94 bits per heavy atom. The summed E-state index contributed by atoms with van der Waals surface area (Å²) in [6, 6.07) is 7.32. The number of aromatic nitrogens is 5. The molecule has 0 aliphatic carbocycles. The number of aliphatic imine (C=N–C) groups is 1. The van der Waals surface area contributed by atoms with Gasteiger partial charge in [-0.25, -0.2) is 9.97 Å². The molecule has 1 aromatic carbocycles. The van der Waals surface area contributed by atoms with Gasteiger partial charge in [0.15, 0.2) is 0 Å². The molecule has 9 nitrogen and oxygen atoms in total. The molecule has 4 heterocycles. The summed E-state index contributed by atoms with van der Waals surface area (Å²) in [7, 11) is 0. The molecular formula is C25H24ClN7O2. The lowest BCUT2D eigenvalue weighted by molar-refractivity contribution is 0.606. The fourth-order valence-electron chi connectivity index (χ4n) is 4.75. The highest BCUT2D eigenvalue weighted by Crippen LogP contribution is 2.37. The molecule has 1 unspecified atom stereocenters. The Kier molecular flexibility index (Phi) is 6.17. The van der Waals surface area contributed by atoms with Crippen molar-refractivity contribution < 1.29 is 0 Å². The number of hydrogen-bond donors (Lipinski definition) is 1. The van der Waals surface area contributed by atoms with Crippen LogP contribution in [-0.2, 0) is 6.54 Å². The number of pyridine rings is 1. The van der Waals surface area contributed by atoms with E-state index in [1.165, 1.54) is 12.7 Å². The maximum atomic E-state index is 13.7. The van der Waals surface area contributed by atoms with Crippen molar-refractivity contribution in [2.24, 2.45) is 4.99 Å². The number of nitrogens with zero attached hydrogens (tertiary/aromatic N) is 6. The highest BCUT2D eigenvalue weighted by atomic mass is 35.5. The van der Waals surface area contributed by atoms with Crippen LogP contribution >= 0.6 is 11.6 Å². The largest absolute Gasteiger partial charge is 0.347 e. The van der Waals surface area contributed by atoms with E-state index in [0.717, 1.165) is 29.5 Å². The number of aromatic amines is 1. The first-order valence-electron chi connectivity index (χ1n) is 11.4. The van der Waals surface area contributed by atoms with Gasteiger partial charge in [-0.1, -0.05) is 23.7 Å². The van der Waals surface area contributed by atoms with Crippen molar-refractivity contribution >= 4 is 45.4 Å². The molecule has 0 saturated carbocycles. The Hall–Kier alpha value is -3.85. The van der Waals surface area contributed by atoms with Crippen LogP contribution < -0.4 is 16.0 Å². The SMILES string of the molecule is C/C=N\C=C(/C)Cn1c(C2CCCN2c2ncnc3[nH]cnc(=O)c23)cc2cccc(Cl)c2c1=O. The van der Waals surface area contributed by atoms with Gasteiger partial charge < -0.3 is 14.5 Å². The maximum absolute atomic E-state index is 13.7. The Morgan fingerprint density at radius 1 is 1.26 bits per heavy atom. The van der Waals surface area contributed by atoms with Gasteiger partial charge in [0.25, 0.3) is 11.1 Å². The highest BCUT2D eigenvalue weighted by Gasteiger charge is 2.32. The topological polar surface area (TPSA) is 109 Å². The zero-order valence-corrected chi connectivity index (χ0v) is 20.2. The molecule has 178 valence electrons. The van der Waals surface area contributed by atoms with Gasteiger partial charge in [0.2, 0.25) is 0 Å². The Morgan fingerprint density at radius 2 is 2.11 bits per heavy atom. The molecule has 1 aliphatic heterocycles. The van der Waals surface area contributed by atoms with Crippen LogP contribution in [0.25, 0.3) is 21.8 Å². The van der Waals surface area contributed by atoms with Crippen molar-refractivity contribution in [1.29, 1.82) is 0 Å². The van der Waals surface area contributed by atoms with Gasteiger partial charge in [-0.15, -0.1) is 0 Å². The average Bonchev–Trinajstić information content (AvgIpc) is 3.34. The number of fused-ring (bicyclic) bond motifs is 2. The van der Waals surface area contributed by atoms with E-state index in [0.29, 0.717) is 40.3 Å². The van der Waals surface area contributed by atoms with E-state index in [1.54, 1.807) is 23.0 Å². The van der Waals surface area contributed by atoms with E-state index < -0.39 is 0 Å². The normalized spacial score (nSPS) is 16.7. The lowest BCUT2D eigenvalue weighted by atomic mass is 10.0. The van der Waals surface area contributed by atoms with Gasteiger partial charge in [0.1, 0.15) is 23.2 Å². The van der Waals surface area contributed by atoms with Crippen LogP contribution in [0.1, 0.15) is 38.4 Å². The van der Waals surface area contributed by atoms with Crippen LogP contribution in [0.5, 0.6) is 0 Å². The van der Waals surface area contributed by atoms with Gasteiger partial charge in [0, 0.05) is 31.2 Å². The Bertz CT molecular complexity index is 1600. The van der Waals surface area contributed by atoms with Crippen LogP contribution in [0.3, 0.4) is 0 Å². The van der Waals surface area contributed by atoms with Gasteiger partial charge in [0.05, 0.1) is 22.8 Å². The summed E-state index contributed by atoms with van der Waals surface area (Å²) in [6.45, 7) is 4.83. The fourth-order valence-corrected chi connectivity index (χ4v) is 5.01. The molecule has 3 aromatic heterocycles. The monoisotopic (exact) mass is 489 g/mol. The summed E-state index contributed by atoms with van der Waals surface area (Å²) >= 11 is 6.45. The first-order chi connectivity index (χ1) is 17.0. The van der Waals surface area contributed by atoms with Crippen LogP contribution in [0, 0.1) is 0 Å². The third-order valence-electron chi connectivity index (χ3n) is 6.26. The summed E-state index contributed by atoms with van der Waals surface area (Å²) in [4.78, 5) is 48.2. The zero-order chi connectivity index (χ0) is 24.5. The van der Waals surface area contributed by atoms with Gasteiger partial charge >= 0.3 is 0 Å². The van der Waals surface area contributed by atoms with Crippen LogP contribution in [0.2, 0.25) is 5.02 Å². The minimum atomic E-state index is -0.390. The van der Waals surface area contributed by atoms with Crippen LogP contribution in [0.4, 0.5) is 5.82 Å². The third kappa shape index (κ3) is 4.12. The van der Waals surface area contributed by atoms with Crippen molar-refractivity contribution in [1.82, 2.24) is 24.5 Å². The Labute approximate surface area is 205 Å². The van der Waals surface area contributed by atoms with Crippen molar-refractivity contribution in [2.45, 2.75) is 39.3 Å². The molecule has 1 fully saturated rings. The van der Waals surface area contributed by atoms with Crippen molar-refractivity contribution in [3.8, 4) is 0 Å². The molecule has 0 amide bonds. The Balaban J connectivity index is 1.72. The number of allylic oxidation sites excluding steroid dienone is 1. The molecule has 35 heavy (non-hydrogen) atoms. The first-order valence-corrected chi connectivity index (χ1v) is 11.8. The summed E-state index contributed by atoms with van der Waals surface area (Å²) < 4.78 is 1.76. The van der Waals surface area contributed by atoms with Crippen molar-refractivity contribution in [2.75, 3.05) is 11.4 Å². The molecule has 10 heteroatoms. The molecule has 0 spiro atoms. The lowest BCUT2D eigenvalue weighted by Gasteiger charge is -2.29. The van der Waals surface area contributed by atoms with E-state index in [9.17, 15) is 9.59 Å². The van der Waals surface area contributed by atoms with E-state index in [2.05, 4.69) is 29.8 Å². The number of benzene rings is 1. The molecular weight excluding hydrogens is 466 g/mol. The molecule has 1 aliphatic rings. The second kappa shape index (κ2) is 9.42. The van der Waals surface area contributed by atoms with E-state index in [-0.39, 0.29) is 17.2 Å². The quantitative estimate of drug-likeness (QED) is 0.424. The van der Waals surface area contributed by atoms with E-state index in [1.807, 2.05) is 32.0 Å². The molecule has 0 bridgehead atoms. The summed E-state index contributed by atoms with van der Waals surface area (Å²) in [6.07, 6.45) is 7.90. The second-order valence-corrected chi connectivity index (χ2v) is 8.93. The minimum absolute atomic E-state index is 0.157. The molecule has 0 radical (unpaired) electrons. The van der Waals surface area contributed by atoms with Crippen LogP contribution in [0.15, 0.2) is 63.3 Å². The maximum Gasteiger partial charge on any atom is 0.285 e. The average molecular weight is 490 g/mol. The molecule has 1 saturated heterocycles. The predicted molar refractivity (Wildman–Crippen MR) is 138 cm³/mol. The molecule has 4 aromatic rings. The number of rotatable bonds is 5. The second-order valence-electron chi connectivity index (χ2n) is 8.53. The summed E-state index contributed by atoms with van der Waals surface area (Å²) in [5, 5.41) is 2.03. The van der Waals surface area contributed by atoms with Crippen LogP contribution in [-0.4, -0.2) is 37.3 Å². The number of H-pyrrole nitrogens is 1. The van der Waals surface area contributed by atoms with Gasteiger partial charge in [-0.3, -0.25) is 14.6 Å². The third-order valence-corrected chi connectivity index (χ3v) is 6.58. The number of hydrogen-bond acceptors (Lipinski definition) is 7. The zero-order valence-electron chi connectivity index (χ0n) is 19.4. The molecule has 1 atom stereocenters. The molecule has 5 rings (SSSR count). The first kappa shape index (κ1) is 22.9. The number of halogens is 1.